The van der Waals surface area contributed by atoms with E-state index in [0.717, 1.165) is 21.6 Å². The number of aryl methyl sites for hydroxylation is 1. The fraction of sp³-hybridized carbons (Fsp3) is 0.0952. The highest BCUT2D eigenvalue weighted by Crippen LogP contribution is 2.30. The molecule has 32 heavy (non-hydrogen) atoms. The molecule has 0 unspecified atom stereocenters. The molecule has 164 valence electrons. The van der Waals surface area contributed by atoms with E-state index in [1.165, 1.54) is 35.6 Å². The normalized spacial score (nSPS) is 11.4. The van der Waals surface area contributed by atoms with Gasteiger partial charge in [-0.3, -0.25) is 4.79 Å². The van der Waals surface area contributed by atoms with Gasteiger partial charge in [-0.2, -0.15) is 5.10 Å². The Morgan fingerprint density at radius 1 is 1.12 bits per heavy atom. The summed E-state index contributed by atoms with van der Waals surface area (Å²) in [4.78, 5) is 25.6. The molecule has 4 aromatic rings. The maximum absolute atomic E-state index is 12.5. The minimum absolute atomic E-state index is 0.139. The third-order valence-electron chi connectivity index (χ3n) is 4.53. The fourth-order valence-corrected chi connectivity index (χ4v) is 4.68. The summed E-state index contributed by atoms with van der Waals surface area (Å²) in [6, 6.07) is 16.7. The predicted octanol–water partition coefficient (Wildman–Crippen LogP) is 2.84. The number of carbonyl (C=O) groups is 2. The van der Waals surface area contributed by atoms with Gasteiger partial charge in [0, 0.05) is 11.1 Å². The zero-order valence-electron chi connectivity index (χ0n) is 16.8. The van der Waals surface area contributed by atoms with Crippen molar-refractivity contribution in [1.29, 1.82) is 0 Å². The number of aromatic nitrogens is 2. The van der Waals surface area contributed by atoms with E-state index >= 15 is 0 Å². The number of primary sulfonamides is 1. The highest BCUT2D eigenvalue weighted by molar-refractivity contribution is 7.89. The zero-order chi connectivity index (χ0) is 22.9. The third kappa shape index (κ3) is 4.54. The molecule has 0 aliphatic heterocycles. The van der Waals surface area contributed by atoms with E-state index < -0.39 is 28.5 Å². The van der Waals surface area contributed by atoms with E-state index in [9.17, 15) is 18.0 Å². The summed E-state index contributed by atoms with van der Waals surface area (Å²) in [5.74, 6) is -1.25. The predicted molar refractivity (Wildman–Crippen MR) is 120 cm³/mol. The van der Waals surface area contributed by atoms with Crippen molar-refractivity contribution in [3.63, 3.8) is 0 Å². The minimum atomic E-state index is -3.90. The molecule has 2 aromatic carbocycles. The van der Waals surface area contributed by atoms with Crippen LogP contribution in [0.5, 0.6) is 0 Å². The van der Waals surface area contributed by atoms with Gasteiger partial charge in [0.05, 0.1) is 16.3 Å². The lowest BCUT2D eigenvalue weighted by Gasteiger charge is -2.07. The van der Waals surface area contributed by atoms with Gasteiger partial charge in [-0.1, -0.05) is 24.3 Å². The highest BCUT2D eigenvalue weighted by Gasteiger charge is 2.19. The lowest BCUT2D eigenvalue weighted by molar-refractivity contribution is -0.119. The second kappa shape index (κ2) is 8.54. The van der Waals surface area contributed by atoms with Crippen molar-refractivity contribution >= 4 is 49.1 Å². The fourth-order valence-electron chi connectivity index (χ4n) is 3.04. The summed E-state index contributed by atoms with van der Waals surface area (Å²) < 4.78 is 29.7. The van der Waals surface area contributed by atoms with Gasteiger partial charge < -0.3 is 10.1 Å². The Bertz CT molecular complexity index is 1430. The SMILES string of the molecule is Cc1nn(-c2ccccc2)c2sc(C(=O)OCC(=O)Nc3cccc(S(N)(=O)=O)c3)cc12. The van der Waals surface area contributed by atoms with E-state index in [4.69, 9.17) is 9.88 Å². The number of amides is 1. The summed E-state index contributed by atoms with van der Waals surface area (Å²) in [5.41, 5.74) is 1.86. The quantitative estimate of drug-likeness (QED) is 0.416. The number of thiophene rings is 1. The Hall–Kier alpha value is -3.54. The number of nitrogens with two attached hydrogens (primary N) is 1. The molecule has 0 spiro atoms. The summed E-state index contributed by atoms with van der Waals surface area (Å²) in [7, 11) is -3.90. The molecule has 2 aromatic heterocycles. The molecule has 0 aliphatic rings. The first-order valence-electron chi connectivity index (χ1n) is 9.37. The van der Waals surface area contributed by atoms with E-state index in [2.05, 4.69) is 10.4 Å². The van der Waals surface area contributed by atoms with Gasteiger partial charge in [0.25, 0.3) is 5.91 Å². The Morgan fingerprint density at radius 2 is 1.88 bits per heavy atom. The van der Waals surface area contributed by atoms with Crippen molar-refractivity contribution in [2.75, 3.05) is 11.9 Å². The average Bonchev–Trinajstić information content (AvgIpc) is 3.33. The molecule has 1 amide bonds. The number of carbonyl (C=O) groups excluding carboxylic acids is 2. The minimum Gasteiger partial charge on any atom is -0.451 e. The van der Waals surface area contributed by atoms with Crippen LogP contribution in [0.15, 0.2) is 65.6 Å². The van der Waals surface area contributed by atoms with Crippen LogP contribution in [0.25, 0.3) is 15.9 Å². The Balaban J connectivity index is 1.45. The average molecular weight is 471 g/mol. The molecule has 0 bridgehead atoms. The van der Waals surface area contributed by atoms with Crippen LogP contribution in [0.2, 0.25) is 0 Å². The number of esters is 1. The number of fused-ring (bicyclic) bond motifs is 1. The molecule has 4 rings (SSSR count). The molecule has 0 saturated heterocycles. The maximum atomic E-state index is 12.5. The number of para-hydroxylation sites is 1. The Kier molecular flexibility index (Phi) is 5.78. The second-order valence-corrected chi connectivity index (χ2v) is 9.45. The van der Waals surface area contributed by atoms with E-state index in [1.807, 2.05) is 37.3 Å². The molecule has 3 N–H and O–H groups in total. The van der Waals surface area contributed by atoms with Crippen LogP contribution in [0, 0.1) is 6.92 Å². The van der Waals surface area contributed by atoms with Crippen molar-refractivity contribution in [2.45, 2.75) is 11.8 Å². The molecule has 0 saturated carbocycles. The topological polar surface area (TPSA) is 133 Å². The zero-order valence-corrected chi connectivity index (χ0v) is 18.4. The first kappa shape index (κ1) is 21.7. The number of nitrogens with zero attached hydrogens (tertiary/aromatic N) is 2. The van der Waals surface area contributed by atoms with Crippen molar-refractivity contribution in [2.24, 2.45) is 5.14 Å². The van der Waals surface area contributed by atoms with E-state index in [1.54, 1.807) is 10.7 Å². The van der Waals surface area contributed by atoms with Crippen LogP contribution in [0.1, 0.15) is 15.4 Å². The standard InChI is InChI=1S/C21H18N4O5S2/c1-13-17-11-18(31-20(17)25(24-13)15-7-3-2-4-8-15)21(27)30-12-19(26)23-14-6-5-9-16(10-14)32(22,28)29/h2-11H,12H2,1H3,(H,23,26)(H2,22,28,29). The molecule has 9 nitrogen and oxygen atoms in total. The molecule has 2 heterocycles. The second-order valence-electron chi connectivity index (χ2n) is 6.86. The van der Waals surface area contributed by atoms with Crippen LogP contribution in [-0.2, 0) is 19.6 Å². The van der Waals surface area contributed by atoms with Crippen molar-refractivity contribution < 1.29 is 22.7 Å². The van der Waals surface area contributed by atoms with Crippen LogP contribution in [0.4, 0.5) is 5.69 Å². The van der Waals surface area contributed by atoms with Crippen LogP contribution >= 0.6 is 11.3 Å². The van der Waals surface area contributed by atoms with Gasteiger partial charge in [0.15, 0.2) is 6.61 Å². The van der Waals surface area contributed by atoms with Gasteiger partial charge in [-0.25, -0.2) is 23.0 Å². The van der Waals surface area contributed by atoms with Crippen LogP contribution < -0.4 is 10.5 Å². The molecule has 11 heteroatoms. The van der Waals surface area contributed by atoms with Crippen molar-refractivity contribution in [3.05, 3.63) is 71.2 Å². The summed E-state index contributed by atoms with van der Waals surface area (Å²) >= 11 is 1.22. The summed E-state index contributed by atoms with van der Waals surface area (Å²) in [6.45, 7) is 1.32. The highest BCUT2D eigenvalue weighted by atomic mass is 32.2. The van der Waals surface area contributed by atoms with Gasteiger partial charge in [-0.15, -0.1) is 11.3 Å². The van der Waals surface area contributed by atoms with E-state index in [0.29, 0.717) is 4.88 Å². The first-order chi connectivity index (χ1) is 15.2. The number of sulfonamides is 1. The monoisotopic (exact) mass is 470 g/mol. The Morgan fingerprint density at radius 3 is 2.59 bits per heavy atom. The number of nitrogens with one attached hydrogen (secondary N) is 1. The maximum Gasteiger partial charge on any atom is 0.348 e. The summed E-state index contributed by atoms with van der Waals surface area (Å²) in [6.07, 6.45) is 0. The third-order valence-corrected chi connectivity index (χ3v) is 6.53. The molecular formula is C21H18N4O5S2. The van der Waals surface area contributed by atoms with Gasteiger partial charge in [-0.05, 0) is 43.3 Å². The lowest BCUT2D eigenvalue weighted by Crippen LogP contribution is -2.21. The van der Waals surface area contributed by atoms with Gasteiger partial charge >= 0.3 is 5.97 Å². The number of ether oxygens (including phenoxy) is 1. The molecule has 0 aliphatic carbocycles. The lowest BCUT2D eigenvalue weighted by atomic mass is 10.3. The molecule has 0 radical (unpaired) electrons. The first-order valence-corrected chi connectivity index (χ1v) is 11.7. The Labute approximate surface area is 187 Å². The van der Waals surface area contributed by atoms with Crippen molar-refractivity contribution in [1.82, 2.24) is 9.78 Å². The largest absolute Gasteiger partial charge is 0.451 e. The molecular weight excluding hydrogens is 452 g/mol. The number of anilines is 1. The number of benzene rings is 2. The smallest absolute Gasteiger partial charge is 0.348 e. The molecule has 0 fully saturated rings. The molecule has 0 atom stereocenters. The number of hydrogen-bond acceptors (Lipinski definition) is 7. The van der Waals surface area contributed by atoms with Crippen LogP contribution in [0.3, 0.4) is 0 Å². The van der Waals surface area contributed by atoms with Crippen molar-refractivity contribution in [3.8, 4) is 5.69 Å². The summed E-state index contributed by atoms with van der Waals surface area (Å²) in [5, 5.41) is 12.9. The number of hydrogen-bond donors (Lipinski definition) is 2. The number of rotatable bonds is 6. The van der Waals surface area contributed by atoms with Gasteiger partial charge in [0.1, 0.15) is 9.71 Å². The van der Waals surface area contributed by atoms with Gasteiger partial charge in [0.2, 0.25) is 10.0 Å². The van der Waals surface area contributed by atoms with E-state index in [-0.39, 0.29) is 10.6 Å². The van der Waals surface area contributed by atoms with Crippen LogP contribution in [-0.4, -0.2) is 36.7 Å².